The molecule has 1 aliphatic rings. The van der Waals surface area contributed by atoms with Gasteiger partial charge in [0.2, 0.25) is 0 Å². The Kier molecular flexibility index (Phi) is 4.27. The van der Waals surface area contributed by atoms with Crippen LogP contribution in [0.5, 0.6) is 17.2 Å². The summed E-state index contributed by atoms with van der Waals surface area (Å²) < 4.78 is 31.2. The van der Waals surface area contributed by atoms with E-state index in [0.717, 1.165) is 0 Å². The number of halogens is 1. The molecule has 0 amide bonds. The third-order valence-electron chi connectivity index (χ3n) is 4.29. The van der Waals surface area contributed by atoms with Gasteiger partial charge in [-0.2, -0.15) is 5.10 Å². The molecule has 0 saturated heterocycles. The zero-order valence-electron chi connectivity index (χ0n) is 14.9. The summed E-state index contributed by atoms with van der Waals surface area (Å²) >= 11 is 0. The number of ether oxygens (including phenoxy) is 3. The second-order valence-corrected chi connectivity index (χ2v) is 6.13. The molecule has 2 aromatic carbocycles. The van der Waals surface area contributed by atoms with Gasteiger partial charge in [-0.1, -0.05) is 0 Å². The standard InChI is InChI=1S/C20H17FN2O4/c1-12-19(13(2)23(22-12)15-5-3-14(21)4-6-15)20(24)27-16-7-8-17-18(11-16)26-10-9-25-17/h3-8,11H,9-10H2,1-2H3. The molecule has 27 heavy (non-hydrogen) atoms. The van der Waals surface area contributed by atoms with Crippen LogP contribution in [-0.4, -0.2) is 29.0 Å². The molecule has 4 rings (SSSR count). The average Bonchev–Trinajstić information content (AvgIpc) is 2.96. The fraction of sp³-hybridized carbons (Fsp3) is 0.200. The summed E-state index contributed by atoms with van der Waals surface area (Å²) in [4.78, 5) is 12.7. The second kappa shape index (κ2) is 6.75. The number of esters is 1. The van der Waals surface area contributed by atoms with E-state index in [1.807, 2.05) is 0 Å². The Bertz CT molecular complexity index is 1010. The summed E-state index contributed by atoms with van der Waals surface area (Å²) in [5.41, 5.74) is 2.17. The van der Waals surface area contributed by atoms with E-state index >= 15 is 0 Å². The summed E-state index contributed by atoms with van der Waals surface area (Å²) in [5.74, 6) is 0.672. The Hall–Kier alpha value is -3.35. The monoisotopic (exact) mass is 368 g/mol. The van der Waals surface area contributed by atoms with E-state index < -0.39 is 5.97 Å². The van der Waals surface area contributed by atoms with Gasteiger partial charge in [0.25, 0.3) is 0 Å². The number of carbonyl (C=O) groups excluding carboxylic acids is 1. The molecule has 6 nitrogen and oxygen atoms in total. The number of rotatable bonds is 3. The van der Waals surface area contributed by atoms with E-state index in [4.69, 9.17) is 14.2 Å². The van der Waals surface area contributed by atoms with Crippen molar-refractivity contribution in [1.29, 1.82) is 0 Å². The van der Waals surface area contributed by atoms with Crippen LogP contribution in [0.4, 0.5) is 4.39 Å². The summed E-state index contributed by atoms with van der Waals surface area (Å²) in [6.45, 7) is 4.44. The highest BCUT2D eigenvalue weighted by Crippen LogP contribution is 2.34. The highest BCUT2D eigenvalue weighted by molar-refractivity contribution is 5.93. The second-order valence-electron chi connectivity index (χ2n) is 6.13. The number of aryl methyl sites for hydroxylation is 1. The van der Waals surface area contributed by atoms with Crippen molar-refractivity contribution in [2.75, 3.05) is 13.2 Å². The Morgan fingerprint density at radius 3 is 2.52 bits per heavy atom. The Balaban J connectivity index is 1.61. The van der Waals surface area contributed by atoms with Crippen molar-refractivity contribution in [3.8, 4) is 22.9 Å². The maximum atomic E-state index is 13.2. The minimum Gasteiger partial charge on any atom is -0.486 e. The van der Waals surface area contributed by atoms with E-state index in [-0.39, 0.29) is 5.82 Å². The molecule has 0 saturated carbocycles. The molecule has 3 aromatic rings. The van der Waals surface area contributed by atoms with Crippen LogP contribution in [0.1, 0.15) is 21.7 Å². The molecule has 138 valence electrons. The third-order valence-corrected chi connectivity index (χ3v) is 4.29. The quantitative estimate of drug-likeness (QED) is 0.522. The lowest BCUT2D eigenvalue weighted by Gasteiger charge is -2.18. The summed E-state index contributed by atoms with van der Waals surface area (Å²) in [7, 11) is 0. The van der Waals surface area contributed by atoms with Gasteiger partial charge in [0.1, 0.15) is 30.3 Å². The van der Waals surface area contributed by atoms with E-state index in [9.17, 15) is 9.18 Å². The average molecular weight is 368 g/mol. The number of aromatic nitrogens is 2. The molecule has 0 aliphatic carbocycles. The molecule has 0 atom stereocenters. The molecule has 2 heterocycles. The number of nitrogens with zero attached hydrogens (tertiary/aromatic N) is 2. The predicted molar refractivity (Wildman–Crippen MR) is 95.4 cm³/mol. The Morgan fingerprint density at radius 1 is 1.07 bits per heavy atom. The molecule has 0 radical (unpaired) electrons. The van der Waals surface area contributed by atoms with Gasteiger partial charge in [-0.05, 0) is 50.2 Å². The van der Waals surface area contributed by atoms with Crippen molar-refractivity contribution in [2.24, 2.45) is 0 Å². The van der Waals surface area contributed by atoms with Gasteiger partial charge in [0, 0.05) is 6.07 Å². The first kappa shape index (κ1) is 17.1. The summed E-state index contributed by atoms with van der Waals surface area (Å²) in [6.07, 6.45) is 0. The van der Waals surface area contributed by atoms with Crippen molar-refractivity contribution < 1.29 is 23.4 Å². The maximum Gasteiger partial charge on any atom is 0.347 e. The zero-order chi connectivity index (χ0) is 19.0. The van der Waals surface area contributed by atoms with Crippen LogP contribution in [0.2, 0.25) is 0 Å². The highest BCUT2D eigenvalue weighted by Gasteiger charge is 2.22. The van der Waals surface area contributed by atoms with Crippen molar-refractivity contribution in [3.05, 3.63) is 65.2 Å². The minimum atomic E-state index is -0.518. The predicted octanol–water partition coefficient (Wildman–Crippen LogP) is 3.62. The topological polar surface area (TPSA) is 62.6 Å². The first-order chi connectivity index (χ1) is 13.0. The molecule has 1 aliphatic heterocycles. The van der Waals surface area contributed by atoms with Crippen LogP contribution in [0.3, 0.4) is 0 Å². The number of fused-ring (bicyclic) bond motifs is 1. The van der Waals surface area contributed by atoms with Crippen molar-refractivity contribution in [1.82, 2.24) is 9.78 Å². The van der Waals surface area contributed by atoms with Crippen LogP contribution < -0.4 is 14.2 Å². The van der Waals surface area contributed by atoms with Crippen LogP contribution in [0.15, 0.2) is 42.5 Å². The van der Waals surface area contributed by atoms with Gasteiger partial charge in [-0.25, -0.2) is 13.9 Å². The lowest BCUT2D eigenvalue weighted by Crippen LogP contribution is -2.16. The molecule has 1 aromatic heterocycles. The lowest BCUT2D eigenvalue weighted by molar-refractivity contribution is 0.0732. The van der Waals surface area contributed by atoms with Crippen LogP contribution in [0, 0.1) is 19.7 Å². The van der Waals surface area contributed by atoms with E-state index in [0.29, 0.717) is 53.1 Å². The first-order valence-corrected chi connectivity index (χ1v) is 8.47. The third kappa shape index (κ3) is 3.23. The summed E-state index contributed by atoms with van der Waals surface area (Å²) in [5, 5.41) is 4.39. The highest BCUT2D eigenvalue weighted by atomic mass is 19.1. The van der Waals surface area contributed by atoms with Gasteiger partial charge in [0.15, 0.2) is 11.5 Å². The smallest absolute Gasteiger partial charge is 0.347 e. The van der Waals surface area contributed by atoms with E-state index in [1.165, 1.54) is 12.1 Å². The van der Waals surface area contributed by atoms with E-state index in [2.05, 4.69) is 5.10 Å². The molecule has 7 heteroatoms. The zero-order valence-corrected chi connectivity index (χ0v) is 14.9. The van der Waals surface area contributed by atoms with Crippen molar-refractivity contribution >= 4 is 5.97 Å². The molecular weight excluding hydrogens is 351 g/mol. The van der Waals surface area contributed by atoms with Gasteiger partial charge in [-0.15, -0.1) is 0 Å². The molecular formula is C20H17FN2O4. The maximum absolute atomic E-state index is 13.2. The van der Waals surface area contributed by atoms with Crippen molar-refractivity contribution in [3.63, 3.8) is 0 Å². The number of benzene rings is 2. The SMILES string of the molecule is Cc1nn(-c2ccc(F)cc2)c(C)c1C(=O)Oc1ccc2c(c1)OCCO2. The number of hydrogen-bond donors (Lipinski definition) is 0. The molecule has 0 spiro atoms. The van der Waals surface area contributed by atoms with Crippen molar-refractivity contribution in [2.45, 2.75) is 13.8 Å². The van der Waals surface area contributed by atoms with Crippen LogP contribution in [0.25, 0.3) is 5.69 Å². The largest absolute Gasteiger partial charge is 0.486 e. The van der Waals surface area contributed by atoms with Gasteiger partial charge in [0.05, 0.1) is 17.1 Å². The number of hydrogen-bond acceptors (Lipinski definition) is 5. The molecule has 0 unspecified atom stereocenters. The van der Waals surface area contributed by atoms with Crippen LogP contribution in [-0.2, 0) is 0 Å². The Labute approximate surface area is 155 Å². The molecule has 0 fully saturated rings. The fourth-order valence-corrected chi connectivity index (χ4v) is 3.02. The Morgan fingerprint density at radius 2 is 1.78 bits per heavy atom. The van der Waals surface area contributed by atoms with Crippen LogP contribution >= 0.6 is 0 Å². The molecule has 0 bridgehead atoms. The fourth-order valence-electron chi connectivity index (χ4n) is 3.02. The number of carbonyl (C=O) groups is 1. The summed E-state index contributed by atoms with van der Waals surface area (Å²) in [6, 6.07) is 10.9. The van der Waals surface area contributed by atoms with E-state index in [1.54, 1.807) is 48.9 Å². The lowest BCUT2D eigenvalue weighted by atomic mass is 10.2. The normalized spacial score (nSPS) is 12.7. The van der Waals surface area contributed by atoms with Gasteiger partial charge < -0.3 is 14.2 Å². The van der Waals surface area contributed by atoms with Gasteiger partial charge in [-0.3, -0.25) is 0 Å². The first-order valence-electron chi connectivity index (χ1n) is 8.47. The van der Waals surface area contributed by atoms with Gasteiger partial charge >= 0.3 is 5.97 Å². The minimum absolute atomic E-state index is 0.335. The molecule has 0 N–H and O–H groups in total.